The highest BCUT2D eigenvalue weighted by Crippen LogP contribution is 2.08. The normalized spacial score (nSPS) is 13.3. The molecule has 1 unspecified atom stereocenters. The highest BCUT2D eigenvalue weighted by Gasteiger charge is 2.24. The third-order valence-corrected chi connectivity index (χ3v) is 4.68. The third kappa shape index (κ3) is 5.00. The highest BCUT2D eigenvalue weighted by atomic mass is 32.2. The molecule has 0 saturated heterocycles. The summed E-state index contributed by atoms with van der Waals surface area (Å²) >= 11 is 0. The Morgan fingerprint density at radius 1 is 1.26 bits per heavy atom. The number of sulfonamides is 1. The molecule has 6 heteroatoms. The van der Waals surface area contributed by atoms with Gasteiger partial charge in [0, 0.05) is 14.1 Å². The summed E-state index contributed by atoms with van der Waals surface area (Å²) in [7, 11) is -0.509. The van der Waals surface area contributed by atoms with Gasteiger partial charge in [0.25, 0.3) is 0 Å². The molecule has 1 rings (SSSR count). The van der Waals surface area contributed by atoms with Crippen LogP contribution in [-0.4, -0.2) is 38.5 Å². The second kappa shape index (κ2) is 6.68. The minimum absolute atomic E-state index is 0.159. The first-order chi connectivity index (χ1) is 8.83. The van der Waals surface area contributed by atoms with E-state index in [9.17, 15) is 13.2 Å². The molecule has 0 aliphatic heterocycles. The Balaban J connectivity index is 2.50. The molecule has 0 fully saturated rings. The maximum atomic E-state index is 11.7. The molecule has 1 atom stereocenters. The molecule has 1 aromatic carbocycles. The van der Waals surface area contributed by atoms with Crippen LogP contribution in [0, 0.1) is 5.92 Å². The number of esters is 1. The monoisotopic (exact) mass is 285 g/mol. The number of carbonyl (C=O) groups excluding carboxylic acids is 1. The Morgan fingerprint density at radius 2 is 1.84 bits per heavy atom. The fraction of sp³-hybridized carbons (Fsp3) is 0.462. The molecule has 1 aromatic rings. The lowest BCUT2D eigenvalue weighted by molar-refractivity contribution is -0.148. The molecule has 0 amide bonds. The predicted octanol–water partition coefficient (Wildman–Crippen LogP) is 1.26. The summed E-state index contributed by atoms with van der Waals surface area (Å²) in [6, 6.07) is 9.26. The van der Waals surface area contributed by atoms with Gasteiger partial charge in [-0.05, 0) is 5.56 Å². The zero-order chi connectivity index (χ0) is 14.5. The minimum atomic E-state index is -3.39. The van der Waals surface area contributed by atoms with Crippen LogP contribution in [0.25, 0.3) is 0 Å². The van der Waals surface area contributed by atoms with Crippen molar-refractivity contribution in [2.45, 2.75) is 13.5 Å². The summed E-state index contributed by atoms with van der Waals surface area (Å²) in [5.41, 5.74) is 0.874. The molecule has 0 saturated carbocycles. The maximum absolute atomic E-state index is 11.7. The van der Waals surface area contributed by atoms with Gasteiger partial charge in [-0.2, -0.15) is 0 Å². The zero-order valence-corrected chi connectivity index (χ0v) is 12.2. The van der Waals surface area contributed by atoms with Crippen molar-refractivity contribution in [2.75, 3.05) is 19.8 Å². The summed E-state index contributed by atoms with van der Waals surface area (Å²) in [4.78, 5) is 11.7. The SMILES string of the molecule is CC(CS(=O)(=O)N(C)C)C(=O)OCc1ccccc1. The molecule has 0 N–H and O–H groups in total. The molecule has 0 radical (unpaired) electrons. The summed E-state index contributed by atoms with van der Waals surface area (Å²) in [5.74, 6) is -1.43. The number of nitrogens with zero attached hydrogens (tertiary/aromatic N) is 1. The molecule has 0 aliphatic carbocycles. The van der Waals surface area contributed by atoms with Gasteiger partial charge in [0.05, 0.1) is 11.7 Å². The van der Waals surface area contributed by atoms with E-state index < -0.39 is 21.9 Å². The third-order valence-electron chi connectivity index (χ3n) is 2.64. The molecule has 106 valence electrons. The standard InChI is InChI=1S/C13H19NO4S/c1-11(10-19(16,17)14(2)3)13(15)18-9-12-7-5-4-6-8-12/h4-8,11H,9-10H2,1-3H3. The molecule has 0 bridgehead atoms. The smallest absolute Gasteiger partial charge is 0.310 e. The Hall–Kier alpha value is -1.40. The second-order valence-electron chi connectivity index (χ2n) is 4.56. The summed E-state index contributed by atoms with van der Waals surface area (Å²) in [6.07, 6.45) is 0. The number of rotatable bonds is 6. The van der Waals surface area contributed by atoms with Crippen molar-refractivity contribution in [1.29, 1.82) is 0 Å². The van der Waals surface area contributed by atoms with Gasteiger partial charge in [-0.1, -0.05) is 37.3 Å². The molecule has 0 heterocycles. The first-order valence-corrected chi connectivity index (χ1v) is 7.54. The largest absolute Gasteiger partial charge is 0.461 e. The molecule has 0 aliphatic rings. The van der Waals surface area contributed by atoms with E-state index in [0.717, 1.165) is 9.87 Å². The van der Waals surface area contributed by atoms with E-state index in [1.54, 1.807) is 6.92 Å². The number of benzene rings is 1. The Bertz CT molecular complexity index is 511. The van der Waals surface area contributed by atoms with E-state index in [-0.39, 0.29) is 12.4 Å². The van der Waals surface area contributed by atoms with Crippen LogP contribution in [0.2, 0.25) is 0 Å². The maximum Gasteiger partial charge on any atom is 0.310 e. The van der Waals surface area contributed by atoms with Crippen LogP contribution in [0.3, 0.4) is 0 Å². The Morgan fingerprint density at radius 3 is 2.37 bits per heavy atom. The number of ether oxygens (including phenoxy) is 1. The van der Waals surface area contributed by atoms with E-state index in [1.807, 2.05) is 30.3 Å². The molecular formula is C13H19NO4S. The van der Waals surface area contributed by atoms with Crippen LogP contribution in [0.5, 0.6) is 0 Å². The van der Waals surface area contributed by atoms with Crippen molar-refractivity contribution in [3.63, 3.8) is 0 Å². The van der Waals surface area contributed by atoms with Gasteiger partial charge in [0.15, 0.2) is 0 Å². The van der Waals surface area contributed by atoms with Gasteiger partial charge >= 0.3 is 5.97 Å². The van der Waals surface area contributed by atoms with Crippen molar-refractivity contribution in [2.24, 2.45) is 5.92 Å². The molecule has 19 heavy (non-hydrogen) atoms. The van der Waals surface area contributed by atoms with Gasteiger partial charge in [-0.25, -0.2) is 12.7 Å². The van der Waals surface area contributed by atoms with Crippen LogP contribution < -0.4 is 0 Å². The van der Waals surface area contributed by atoms with Crippen LogP contribution >= 0.6 is 0 Å². The molecule has 0 aromatic heterocycles. The van der Waals surface area contributed by atoms with Crippen LogP contribution in [0.15, 0.2) is 30.3 Å². The van der Waals surface area contributed by atoms with E-state index in [4.69, 9.17) is 4.74 Å². The van der Waals surface area contributed by atoms with Crippen molar-refractivity contribution < 1.29 is 17.9 Å². The fourth-order valence-electron chi connectivity index (χ4n) is 1.40. The highest BCUT2D eigenvalue weighted by molar-refractivity contribution is 7.89. The van der Waals surface area contributed by atoms with E-state index in [1.165, 1.54) is 14.1 Å². The van der Waals surface area contributed by atoms with Gasteiger partial charge in [0.2, 0.25) is 10.0 Å². The minimum Gasteiger partial charge on any atom is -0.461 e. The second-order valence-corrected chi connectivity index (χ2v) is 6.78. The van der Waals surface area contributed by atoms with Crippen molar-refractivity contribution in [1.82, 2.24) is 4.31 Å². The topological polar surface area (TPSA) is 63.7 Å². The molecule has 0 spiro atoms. The van der Waals surface area contributed by atoms with Crippen LogP contribution in [0.4, 0.5) is 0 Å². The quantitative estimate of drug-likeness (QED) is 0.738. The van der Waals surface area contributed by atoms with Crippen molar-refractivity contribution in [3.05, 3.63) is 35.9 Å². The Kier molecular flexibility index (Phi) is 5.50. The first kappa shape index (κ1) is 15.7. The van der Waals surface area contributed by atoms with Gasteiger partial charge in [0.1, 0.15) is 6.61 Å². The lowest BCUT2D eigenvalue weighted by Gasteiger charge is -2.15. The van der Waals surface area contributed by atoms with Gasteiger partial charge in [-0.3, -0.25) is 4.79 Å². The zero-order valence-electron chi connectivity index (χ0n) is 11.4. The van der Waals surface area contributed by atoms with Crippen molar-refractivity contribution >= 4 is 16.0 Å². The van der Waals surface area contributed by atoms with E-state index in [0.29, 0.717) is 0 Å². The fourth-order valence-corrected chi connectivity index (χ4v) is 2.47. The summed E-state index contributed by atoms with van der Waals surface area (Å²) in [5, 5.41) is 0. The average molecular weight is 285 g/mol. The first-order valence-electron chi connectivity index (χ1n) is 5.93. The lowest BCUT2D eigenvalue weighted by Crippen LogP contribution is -2.31. The van der Waals surface area contributed by atoms with Crippen LogP contribution in [0.1, 0.15) is 12.5 Å². The summed E-state index contributed by atoms with van der Waals surface area (Å²) in [6.45, 7) is 1.71. The predicted molar refractivity (Wildman–Crippen MR) is 72.9 cm³/mol. The van der Waals surface area contributed by atoms with Gasteiger partial charge in [-0.15, -0.1) is 0 Å². The lowest BCUT2D eigenvalue weighted by atomic mass is 10.2. The average Bonchev–Trinajstić information content (AvgIpc) is 2.36. The number of hydrogen-bond donors (Lipinski definition) is 0. The molecule has 5 nitrogen and oxygen atoms in total. The number of hydrogen-bond acceptors (Lipinski definition) is 4. The number of carbonyl (C=O) groups is 1. The van der Waals surface area contributed by atoms with Crippen LogP contribution in [-0.2, 0) is 26.2 Å². The van der Waals surface area contributed by atoms with E-state index >= 15 is 0 Å². The Labute approximate surface area is 114 Å². The van der Waals surface area contributed by atoms with Crippen molar-refractivity contribution in [3.8, 4) is 0 Å². The van der Waals surface area contributed by atoms with Gasteiger partial charge < -0.3 is 4.74 Å². The van der Waals surface area contributed by atoms with E-state index in [2.05, 4.69) is 0 Å². The summed E-state index contributed by atoms with van der Waals surface area (Å²) < 4.78 is 29.5. The molecular weight excluding hydrogens is 266 g/mol.